The number of nitrogen functional groups attached to an aromatic ring is 1. The number of carbonyl (C=O) groups is 2. The van der Waals surface area contributed by atoms with Crippen molar-refractivity contribution in [3.63, 3.8) is 0 Å². The second-order valence-corrected chi connectivity index (χ2v) is 8.48. The average Bonchev–Trinajstić information content (AvgIpc) is 3.46. The molecule has 33 heavy (non-hydrogen) atoms. The fourth-order valence-corrected chi connectivity index (χ4v) is 4.62. The van der Waals surface area contributed by atoms with Crippen LogP contribution in [0, 0.1) is 0 Å². The molecule has 2 saturated heterocycles. The van der Waals surface area contributed by atoms with Gasteiger partial charge in [-0.3, -0.25) is 4.79 Å². The first-order valence-electron chi connectivity index (χ1n) is 11.1. The number of likely N-dealkylation sites (tertiary alicyclic amines) is 1. The third-order valence-electron chi connectivity index (χ3n) is 6.35. The molecule has 0 aliphatic carbocycles. The van der Waals surface area contributed by atoms with Gasteiger partial charge in [0.05, 0.1) is 17.4 Å². The number of nitrogens with two attached hydrogens (primary N) is 1. The van der Waals surface area contributed by atoms with Crippen molar-refractivity contribution in [3.8, 4) is 0 Å². The molecule has 0 radical (unpaired) electrons. The molecule has 3 N–H and O–H groups in total. The van der Waals surface area contributed by atoms with Gasteiger partial charge in [0.25, 0.3) is 5.91 Å². The maximum atomic E-state index is 12.6. The van der Waals surface area contributed by atoms with Gasteiger partial charge in [-0.15, -0.1) is 0 Å². The van der Waals surface area contributed by atoms with Crippen LogP contribution in [0.15, 0.2) is 78.9 Å². The molecule has 3 aromatic carbocycles. The minimum absolute atomic E-state index is 0.141. The zero-order chi connectivity index (χ0) is 22.8. The molecular weight excluding hydrogens is 416 g/mol. The number of piperazine rings is 1. The number of benzene rings is 3. The highest BCUT2D eigenvalue weighted by atomic mass is 16.6. The van der Waals surface area contributed by atoms with Crippen LogP contribution >= 0.6 is 0 Å². The highest BCUT2D eigenvalue weighted by Crippen LogP contribution is 2.35. The molecule has 2 fully saturated rings. The van der Waals surface area contributed by atoms with Crippen LogP contribution < -0.4 is 16.0 Å². The Balaban J connectivity index is 1.17. The van der Waals surface area contributed by atoms with Crippen LogP contribution in [0.2, 0.25) is 0 Å². The average molecular weight is 443 g/mol. The van der Waals surface area contributed by atoms with Crippen molar-refractivity contribution in [2.75, 3.05) is 29.0 Å². The van der Waals surface area contributed by atoms with Crippen LogP contribution in [0.5, 0.6) is 0 Å². The van der Waals surface area contributed by atoms with E-state index in [0.717, 1.165) is 24.2 Å². The van der Waals surface area contributed by atoms with Crippen LogP contribution in [0.1, 0.15) is 22.3 Å². The largest absolute Gasteiger partial charge is 0.445 e. The van der Waals surface area contributed by atoms with E-state index >= 15 is 0 Å². The van der Waals surface area contributed by atoms with Crippen molar-refractivity contribution in [2.24, 2.45) is 0 Å². The van der Waals surface area contributed by atoms with Gasteiger partial charge in [0.2, 0.25) is 0 Å². The molecule has 2 bridgehead atoms. The molecule has 2 heterocycles. The Morgan fingerprint density at radius 1 is 0.909 bits per heavy atom. The van der Waals surface area contributed by atoms with Crippen molar-refractivity contribution in [2.45, 2.75) is 25.1 Å². The Kier molecular flexibility index (Phi) is 5.60. The summed E-state index contributed by atoms with van der Waals surface area (Å²) in [4.78, 5) is 29.3. The molecule has 0 spiro atoms. The monoisotopic (exact) mass is 442 g/mol. The number of para-hydroxylation sites is 2. The van der Waals surface area contributed by atoms with Gasteiger partial charge in [-0.05, 0) is 48.4 Å². The molecule has 3 aromatic rings. The first-order chi connectivity index (χ1) is 16.1. The first-order valence-corrected chi connectivity index (χ1v) is 11.1. The van der Waals surface area contributed by atoms with Gasteiger partial charge in [0.15, 0.2) is 0 Å². The molecule has 2 aliphatic rings. The second-order valence-electron chi connectivity index (χ2n) is 8.48. The zero-order valence-corrected chi connectivity index (χ0v) is 18.2. The Labute approximate surface area is 192 Å². The number of nitrogens with zero attached hydrogens (tertiary/aromatic N) is 2. The Hall–Kier alpha value is -4.00. The maximum absolute atomic E-state index is 12.6. The quantitative estimate of drug-likeness (QED) is 0.581. The topological polar surface area (TPSA) is 87.9 Å². The molecular formula is C26H26N4O3. The zero-order valence-electron chi connectivity index (χ0n) is 18.2. The summed E-state index contributed by atoms with van der Waals surface area (Å²) in [5.41, 5.74) is 9.64. The number of anilines is 3. The number of carbonyl (C=O) groups excluding carboxylic acids is 2. The summed E-state index contributed by atoms with van der Waals surface area (Å²) in [7, 11) is 0. The van der Waals surface area contributed by atoms with Crippen molar-refractivity contribution >= 4 is 29.1 Å². The minimum Gasteiger partial charge on any atom is -0.445 e. The van der Waals surface area contributed by atoms with E-state index in [4.69, 9.17) is 10.5 Å². The molecule has 2 aliphatic heterocycles. The van der Waals surface area contributed by atoms with E-state index in [2.05, 4.69) is 10.2 Å². The maximum Gasteiger partial charge on any atom is 0.410 e. The van der Waals surface area contributed by atoms with Crippen LogP contribution in [-0.4, -0.2) is 42.1 Å². The smallest absolute Gasteiger partial charge is 0.410 e. The molecule has 7 nitrogen and oxygen atoms in total. The number of fused-ring (bicyclic) bond motifs is 2. The van der Waals surface area contributed by atoms with Gasteiger partial charge in [0.1, 0.15) is 6.61 Å². The number of nitrogens with one attached hydrogen (secondary N) is 1. The Morgan fingerprint density at radius 2 is 1.64 bits per heavy atom. The highest BCUT2D eigenvalue weighted by molar-refractivity contribution is 6.05. The molecule has 2 amide bonds. The van der Waals surface area contributed by atoms with Crippen LogP contribution in [0.25, 0.3) is 0 Å². The van der Waals surface area contributed by atoms with Gasteiger partial charge in [0, 0.05) is 30.4 Å². The second kappa shape index (κ2) is 8.86. The van der Waals surface area contributed by atoms with Gasteiger partial charge < -0.3 is 25.6 Å². The van der Waals surface area contributed by atoms with Crippen molar-refractivity contribution in [1.82, 2.24) is 4.90 Å². The molecule has 0 aromatic heterocycles. The summed E-state index contributed by atoms with van der Waals surface area (Å²) in [6, 6.07) is 24.9. The summed E-state index contributed by atoms with van der Waals surface area (Å²) in [6.45, 7) is 1.69. The Morgan fingerprint density at radius 3 is 2.33 bits per heavy atom. The lowest BCUT2D eigenvalue weighted by atomic mass is 10.1. The lowest BCUT2D eigenvalue weighted by Crippen LogP contribution is -2.49. The predicted octanol–water partition coefficient (Wildman–Crippen LogP) is 4.12. The fourth-order valence-electron chi connectivity index (χ4n) is 4.62. The molecule has 0 saturated carbocycles. The number of rotatable bonds is 5. The van der Waals surface area contributed by atoms with Gasteiger partial charge >= 0.3 is 6.09 Å². The molecule has 2 unspecified atom stereocenters. The Bertz CT molecular complexity index is 1150. The summed E-state index contributed by atoms with van der Waals surface area (Å²) < 4.78 is 5.52. The summed E-state index contributed by atoms with van der Waals surface area (Å²) in [6.07, 6.45) is 0.675. The van der Waals surface area contributed by atoms with Crippen LogP contribution in [0.4, 0.5) is 21.9 Å². The van der Waals surface area contributed by atoms with Gasteiger partial charge in [-0.2, -0.15) is 0 Å². The molecule has 7 heteroatoms. The SMILES string of the molecule is Nc1ccccc1NC(=O)c1ccc(N2CC3CC2CN3C(=O)OCc2ccccc2)cc1. The number of ether oxygens (including phenoxy) is 1. The van der Waals surface area contributed by atoms with E-state index in [9.17, 15) is 9.59 Å². The third-order valence-corrected chi connectivity index (χ3v) is 6.35. The number of hydrogen-bond donors (Lipinski definition) is 2. The predicted molar refractivity (Wildman–Crippen MR) is 128 cm³/mol. The number of amides is 2. The van der Waals surface area contributed by atoms with Crippen LogP contribution in [0.3, 0.4) is 0 Å². The van der Waals surface area contributed by atoms with Gasteiger partial charge in [-0.25, -0.2) is 4.79 Å². The fraction of sp³-hybridized carbons (Fsp3) is 0.231. The number of hydrogen-bond acceptors (Lipinski definition) is 5. The summed E-state index contributed by atoms with van der Waals surface area (Å²) >= 11 is 0. The van der Waals surface area contributed by atoms with Crippen molar-refractivity contribution in [3.05, 3.63) is 90.0 Å². The summed E-state index contributed by atoms with van der Waals surface area (Å²) in [5.74, 6) is -0.199. The van der Waals surface area contributed by atoms with E-state index in [1.165, 1.54) is 0 Å². The van der Waals surface area contributed by atoms with E-state index < -0.39 is 0 Å². The van der Waals surface area contributed by atoms with Crippen LogP contribution in [-0.2, 0) is 11.3 Å². The van der Waals surface area contributed by atoms with E-state index in [0.29, 0.717) is 23.5 Å². The van der Waals surface area contributed by atoms with E-state index in [1.807, 2.05) is 71.6 Å². The normalized spacial score (nSPS) is 18.9. The van der Waals surface area contributed by atoms with E-state index in [1.54, 1.807) is 12.1 Å². The van der Waals surface area contributed by atoms with Crippen molar-refractivity contribution in [1.29, 1.82) is 0 Å². The summed E-state index contributed by atoms with van der Waals surface area (Å²) in [5, 5.41) is 2.85. The standard InChI is InChI=1S/C26H26N4O3/c27-23-8-4-5-9-24(23)28-25(31)19-10-12-20(13-11-19)29-15-22-14-21(29)16-30(22)26(32)33-17-18-6-2-1-3-7-18/h1-13,21-22H,14-17,27H2,(H,28,31). The van der Waals surface area contributed by atoms with Gasteiger partial charge in [-0.1, -0.05) is 42.5 Å². The first kappa shape index (κ1) is 20.9. The van der Waals surface area contributed by atoms with E-state index in [-0.39, 0.29) is 30.7 Å². The molecule has 168 valence electrons. The minimum atomic E-state index is -0.252. The molecule has 5 rings (SSSR count). The molecule has 2 atom stereocenters. The van der Waals surface area contributed by atoms with Crippen molar-refractivity contribution < 1.29 is 14.3 Å². The lowest BCUT2D eigenvalue weighted by molar-refractivity contribution is 0.0898. The highest BCUT2D eigenvalue weighted by Gasteiger charge is 2.46. The lowest BCUT2D eigenvalue weighted by Gasteiger charge is -2.35. The third kappa shape index (κ3) is 4.35.